The summed E-state index contributed by atoms with van der Waals surface area (Å²) >= 11 is 0. The molecular weight excluding hydrogens is 230 g/mol. The molecule has 18 heavy (non-hydrogen) atoms. The van der Waals surface area contributed by atoms with Gasteiger partial charge in [0.05, 0.1) is 12.2 Å². The van der Waals surface area contributed by atoms with Gasteiger partial charge in [0.1, 0.15) is 6.10 Å². The van der Waals surface area contributed by atoms with Crippen molar-refractivity contribution in [3.05, 3.63) is 18.5 Å². The van der Waals surface area contributed by atoms with Gasteiger partial charge in [0.15, 0.2) is 0 Å². The van der Waals surface area contributed by atoms with Crippen LogP contribution in [0.2, 0.25) is 0 Å². The van der Waals surface area contributed by atoms with Crippen molar-refractivity contribution >= 4 is 0 Å². The second-order valence-electron chi connectivity index (χ2n) is 5.05. The Morgan fingerprint density at radius 2 is 2.06 bits per heavy atom. The second-order valence-corrected chi connectivity index (χ2v) is 5.05. The van der Waals surface area contributed by atoms with Crippen LogP contribution in [-0.2, 0) is 4.74 Å². The molecule has 1 aromatic rings. The summed E-state index contributed by atoms with van der Waals surface area (Å²) in [6, 6.07) is 2.28. The van der Waals surface area contributed by atoms with Crippen LogP contribution in [0.15, 0.2) is 18.5 Å². The van der Waals surface area contributed by atoms with Crippen LogP contribution < -0.4 is 10.1 Å². The molecule has 0 amide bonds. The fourth-order valence-electron chi connectivity index (χ4n) is 2.81. The lowest BCUT2D eigenvalue weighted by Crippen LogP contribution is -2.50. The van der Waals surface area contributed by atoms with Crippen molar-refractivity contribution in [1.29, 1.82) is 0 Å². The van der Waals surface area contributed by atoms with E-state index in [0.29, 0.717) is 6.01 Å². The van der Waals surface area contributed by atoms with Gasteiger partial charge in [-0.3, -0.25) is 0 Å². The highest BCUT2D eigenvalue weighted by Gasteiger charge is 2.39. The predicted octanol–water partition coefficient (Wildman–Crippen LogP) is 1.16. The van der Waals surface area contributed by atoms with E-state index in [0.717, 1.165) is 45.4 Å². The fourth-order valence-corrected chi connectivity index (χ4v) is 2.81. The van der Waals surface area contributed by atoms with E-state index >= 15 is 0 Å². The number of rotatable bonds is 2. The van der Waals surface area contributed by atoms with Crippen molar-refractivity contribution < 1.29 is 9.47 Å². The lowest BCUT2D eigenvalue weighted by Gasteiger charge is -2.43. The van der Waals surface area contributed by atoms with Crippen LogP contribution >= 0.6 is 0 Å². The molecule has 0 aromatic carbocycles. The first-order valence-corrected chi connectivity index (χ1v) is 6.65. The zero-order valence-electron chi connectivity index (χ0n) is 10.5. The first-order chi connectivity index (χ1) is 8.86. The number of nitrogens with one attached hydrogen (secondary N) is 1. The maximum atomic E-state index is 6.01. The van der Waals surface area contributed by atoms with Crippen molar-refractivity contribution in [1.82, 2.24) is 15.3 Å². The summed E-state index contributed by atoms with van der Waals surface area (Å²) in [7, 11) is 0. The molecule has 2 aliphatic heterocycles. The Hall–Kier alpha value is -1.20. The van der Waals surface area contributed by atoms with Gasteiger partial charge in [0.2, 0.25) is 0 Å². The molecule has 0 radical (unpaired) electrons. The van der Waals surface area contributed by atoms with E-state index in [9.17, 15) is 0 Å². The third-order valence-electron chi connectivity index (χ3n) is 3.78. The van der Waals surface area contributed by atoms with Crippen LogP contribution in [0.4, 0.5) is 0 Å². The summed E-state index contributed by atoms with van der Waals surface area (Å²) in [5, 5.41) is 3.38. The van der Waals surface area contributed by atoms with Crippen molar-refractivity contribution in [2.24, 2.45) is 0 Å². The molecule has 5 heteroatoms. The van der Waals surface area contributed by atoms with E-state index in [1.54, 1.807) is 18.5 Å². The number of piperidine rings is 1. The minimum Gasteiger partial charge on any atom is -0.460 e. The largest absolute Gasteiger partial charge is 0.460 e. The first-order valence-electron chi connectivity index (χ1n) is 6.65. The monoisotopic (exact) mass is 249 g/mol. The maximum absolute atomic E-state index is 6.01. The minimum atomic E-state index is 0.0168. The molecule has 2 fully saturated rings. The lowest BCUT2D eigenvalue weighted by atomic mass is 9.84. The smallest absolute Gasteiger partial charge is 0.316 e. The third-order valence-corrected chi connectivity index (χ3v) is 3.78. The molecule has 1 N–H and O–H groups in total. The van der Waals surface area contributed by atoms with E-state index < -0.39 is 0 Å². The normalized spacial score (nSPS) is 27.0. The molecule has 3 heterocycles. The molecule has 5 nitrogen and oxygen atoms in total. The highest BCUT2D eigenvalue weighted by Crippen LogP contribution is 2.34. The molecule has 2 saturated heterocycles. The van der Waals surface area contributed by atoms with Crippen molar-refractivity contribution in [2.75, 3.05) is 19.7 Å². The Bertz CT molecular complexity index is 374. The van der Waals surface area contributed by atoms with Crippen LogP contribution in [0.1, 0.15) is 25.7 Å². The van der Waals surface area contributed by atoms with Gasteiger partial charge in [0.25, 0.3) is 0 Å². The summed E-state index contributed by atoms with van der Waals surface area (Å²) in [4.78, 5) is 8.24. The van der Waals surface area contributed by atoms with Crippen molar-refractivity contribution in [2.45, 2.75) is 37.4 Å². The minimum absolute atomic E-state index is 0.0168. The quantitative estimate of drug-likeness (QED) is 0.852. The van der Waals surface area contributed by atoms with E-state index in [1.807, 2.05) is 0 Å². The summed E-state index contributed by atoms with van der Waals surface area (Å²) in [5.74, 6) is 0. The number of hydrogen-bond acceptors (Lipinski definition) is 5. The Morgan fingerprint density at radius 1 is 1.28 bits per heavy atom. The molecule has 1 spiro atoms. The Balaban J connectivity index is 1.63. The van der Waals surface area contributed by atoms with Crippen LogP contribution in [0.5, 0.6) is 6.01 Å². The van der Waals surface area contributed by atoms with Gasteiger partial charge >= 0.3 is 6.01 Å². The van der Waals surface area contributed by atoms with Crippen molar-refractivity contribution in [3.63, 3.8) is 0 Å². The Morgan fingerprint density at radius 3 is 2.83 bits per heavy atom. The first kappa shape index (κ1) is 11.9. The zero-order chi connectivity index (χ0) is 12.3. The molecule has 0 aliphatic carbocycles. The van der Waals surface area contributed by atoms with Crippen LogP contribution in [0, 0.1) is 0 Å². The summed E-state index contributed by atoms with van der Waals surface area (Å²) in [6.45, 7) is 2.85. The van der Waals surface area contributed by atoms with E-state index in [4.69, 9.17) is 9.47 Å². The lowest BCUT2D eigenvalue weighted by molar-refractivity contribution is -0.127. The molecule has 98 valence electrons. The van der Waals surface area contributed by atoms with Gasteiger partial charge < -0.3 is 14.8 Å². The second kappa shape index (κ2) is 5.20. The average Bonchev–Trinajstić information content (AvgIpc) is 2.41. The molecule has 0 bridgehead atoms. The third kappa shape index (κ3) is 2.62. The molecule has 1 unspecified atom stereocenters. The van der Waals surface area contributed by atoms with Crippen molar-refractivity contribution in [3.8, 4) is 6.01 Å². The van der Waals surface area contributed by atoms with Gasteiger partial charge in [-0.2, -0.15) is 0 Å². The van der Waals surface area contributed by atoms with Gasteiger partial charge in [-0.25, -0.2) is 9.97 Å². The zero-order valence-corrected chi connectivity index (χ0v) is 10.5. The Labute approximate surface area is 107 Å². The number of aromatic nitrogens is 2. The number of hydrogen-bond donors (Lipinski definition) is 1. The molecule has 1 aromatic heterocycles. The van der Waals surface area contributed by atoms with E-state index in [-0.39, 0.29) is 11.7 Å². The van der Waals surface area contributed by atoms with Gasteiger partial charge in [-0.1, -0.05) is 0 Å². The van der Waals surface area contributed by atoms with Crippen LogP contribution in [-0.4, -0.2) is 41.4 Å². The maximum Gasteiger partial charge on any atom is 0.316 e. The van der Waals surface area contributed by atoms with E-state index in [2.05, 4.69) is 15.3 Å². The number of nitrogens with zero attached hydrogens (tertiary/aromatic N) is 2. The topological polar surface area (TPSA) is 56.3 Å². The summed E-state index contributed by atoms with van der Waals surface area (Å²) in [5.41, 5.74) is 0.0168. The highest BCUT2D eigenvalue weighted by atomic mass is 16.5. The average molecular weight is 249 g/mol. The summed E-state index contributed by atoms with van der Waals surface area (Å²) < 4.78 is 11.9. The van der Waals surface area contributed by atoms with E-state index in [1.165, 1.54) is 0 Å². The number of ether oxygens (including phenoxy) is 2. The Kier molecular flexibility index (Phi) is 3.43. The molecular formula is C13H19N3O2. The predicted molar refractivity (Wildman–Crippen MR) is 66.5 cm³/mol. The van der Waals surface area contributed by atoms with Crippen LogP contribution in [0.25, 0.3) is 0 Å². The standard InChI is InChI=1S/C13H19N3O2/c1-5-15-12(16-6-1)18-11-2-9-17-13(10-11)3-7-14-8-4-13/h1,5-6,11,14H,2-4,7-10H2. The van der Waals surface area contributed by atoms with Gasteiger partial charge in [-0.15, -0.1) is 0 Å². The molecule has 1 atom stereocenters. The SMILES string of the molecule is c1cnc(OC2CCOC3(CCNCC3)C2)nc1. The molecule has 0 saturated carbocycles. The van der Waals surface area contributed by atoms with Gasteiger partial charge in [0, 0.05) is 25.2 Å². The van der Waals surface area contributed by atoms with Gasteiger partial charge in [-0.05, 0) is 32.0 Å². The fraction of sp³-hybridized carbons (Fsp3) is 0.692. The molecule has 3 rings (SSSR count). The highest BCUT2D eigenvalue weighted by molar-refractivity contribution is 4.97. The molecule has 2 aliphatic rings. The summed E-state index contributed by atoms with van der Waals surface area (Å²) in [6.07, 6.45) is 7.62. The van der Waals surface area contributed by atoms with Crippen LogP contribution in [0.3, 0.4) is 0 Å².